The Kier molecular flexibility index (Phi) is 9.59. The maximum absolute atomic E-state index is 14.6. The molecule has 37 heavy (non-hydrogen) atoms. The van der Waals surface area contributed by atoms with Gasteiger partial charge in [0.25, 0.3) is 0 Å². The van der Waals surface area contributed by atoms with Crippen LogP contribution in [-0.4, -0.2) is 28.8 Å². The van der Waals surface area contributed by atoms with Crippen molar-refractivity contribution in [2.24, 2.45) is 0 Å². The molecule has 0 bridgehead atoms. The second-order valence-electron chi connectivity index (χ2n) is 9.58. The predicted molar refractivity (Wildman–Crippen MR) is 146 cm³/mol. The fourth-order valence-electron chi connectivity index (χ4n) is 4.88. The molecule has 0 aromatic heterocycles. The van der Waals surface area contributed by atoms with Crippen LogP contribution < -0.4 is 5.32 Å². The Morgan fingerprint density at radius 3 is 2.32 bits per heavy atom. The Balaban J connectivity index is 1.68. The molecule has 194 valence electrons. The van der Waals surface area contributed by atoms with Crippen molar-refractivity contribution in [1.29, 1.82) is 0 Å². The minimum absolute atomic E-state index is 0.0867. The summed E-state index contributed by atoms with van der Waals surface area (Å²) in [6.45, 7) is 0.154. The number of amides is 2. The highest BCUT2D eigenvalue weighted by atomic mass is 35.5. The van der Waals surface area contributed by atoms with Gasteiger partial charge in [0, 0.05) is 34.6 Å². The van der Waals surface area contributed by atoms with Gasteiger partial charge in [0.05, 0.1) is 6.42 Å². The molecule has 0 aliphatic heterocycles. The number of hydrogen-bond donors (Lipinski definition) is 1. The van der Waals surface area contributed by atoms with E-state index in [1.807, 2.05) is 42.5 Å². The summed E-state index contributed by atoms with van der Waals surface area (Å²) in [6, 6.07) is 20.5. The lowest BCUT2D eigenvalue weighted by Crippen LogP contribution is -2.53. The molecule has 7 heteroatoms. The fraction of sp³-hybridized carbons (Fsp3) is 0.333. The average Bonchev–Trinajstić information content (AvgIpc) is 2.89. The molecule has 0 radical (unpaired) electrons. The molecule has 4 rings (SSSR count). The van der Waals surface area contributed by atoms with E-state index in [1.54, 1.807) is 23.1 Å². The molecule has 1 aliphatic rings. The number of carbonyl (C=O) groups is 2. The lowest BCUT2D eigenvalue weighted by atomic mass is 9.94. The summed E-state index contributed by atoms with van der Waals surface area (Å²) in [4.78, 5) is 29.1. The first-order chi connectivity index (χ1) is 17.9. The van der Waals surface area contributed by atoms with Crippen molar-refractivity contribution in [3.8, 4) is 0 Å². The van der Waals surface area contributed by atoms with Crippen LogP contribution in [0.4, 0.5) is 4.39 Å². The molecule has 1 atom stereocenters. The molecule has 4 nitrogen and oxygen atoms in total. The van der Waals surface area contributed by atoms with E-state index < -0.39 is 11.9 Å². The van der Waals surface area contributed by atoms with Gasteiger partial charge in [-0.1, -0.05) is 91.0 Å². The smallest absolute Gasteiger partial charge is 0.243 e. The SMILES string of the molecule is O=C(NC1CCCCC1)[C@H](Cc1ccccc1)N(Cc1cccc(Cl)c1)C(=O)Cc1c(F)cccc1Cl. The molecule has 0 spiro atoms. The zero-order chi connectivity index (χ0) is 26.2. The lowest BCUT2D eigenvalue weighted by molar-refractivity contribution is -0.141. The molecule has 1 N–H and O–H groups in total. The first-order valence-electron chi connectivity index (χ1n) is 12.7. The molecule has 0 heterocycles. The zero-order valence-corrected chi connectivity index (χ0v) is 22.1. The topological polar surface area (TPSA) is 49.4 Å². The molecule has 0 saturated heterocycles. The Morgan fingerprint density at radius 2 is 1.62 bits per heavy atom. The highest BCUT2D eigenvalue weighted by Gasteiger charge is 2.32. The van der Waals surface area contributed by atoms with Crippen LogP contribution in [0.15, 0.2) is 72.8 Å². The fourth-order valence-corrected chi connectivity index (χ4v) is 5.33. The van der Waals surface area contributed by atoms with Crippen molar-refractivity contribution < 1.29 is 14.0 Å². The van der Waals surface area contributed by atoms with E-state index in [4.69, 9.17) is 23.2 Å². The second-order valence-corrected chi connectivity index (χ2v) is 10.4. The maximum Gasteiger partial charge on any atom is 0.243 e. The number of hydrogen-bond acceptors (Lipinski definition) is 2. The van der Waals surface area contributed by atoms with Crippen molar-refractivity contribution >= 4 is 35.0 Å². The summed E-state index contributed by atoms with van der Waals surface area (Å²) >= 11 is 12.5. The van der Waals surface area contributed by atoms with E-state index in [1.165, 1.54) is 18.6 Å². The number of rotatable bonds is 9. The van der Waals surface area contributed by atoms with Crippen LogP contribution in [0.2, 0.25) is 10.0 Å². The van der Waals surface area contributed by atoms with Crippen molar-refractivity contribution in [2.45, 2.75) is 63.6 Å². The molecule has 1 fully saturated rings. The first kappa shape index (κ1) is 27.2. The second kappa shape index (κ2) is 13.1. The van der Waals surface area contributed by atoms with Crippen molar-refractivity contribution in [3.63, 3.8) is 0 Å². The van der Waals surface area contributed by atoms with Gasteiger partial charge in [-0.25, -0.2) is 4.39 Å². The lowest BCUT2D eigenvalue weighted by Gasteiger charge is -2.33. The summed E-state index contributed by atoms with van der Waals surface area (Å²) in [5.41, 5.74) is 1.83. The van der Waals surface area contributed by atoms with Gasteiger partial charge in [0.1, 0.15) is 11.9 Å². The zero-order valence-electron chi connectivity index (χ0n) is 20.6. The minimum Gasteiger partial charge on any atom is -0.352 e. The summed E-state index contributed by atoms with van der Waals surface area (Å²) in [5, 5.41) is 3.92. The van der Waals surface area contributed by atoms with Crippen molar-refractivity contribution in [2.75, 3.05) is 0 Å². The largest absolute Gasteiger partial charge is 0.352 e. The summed E-state index contributed by atoms with van der Waals surface area (Å²) in [6.07, 6.45) is 5.25. The van der Waals surface area contributed by atoms with Gasteiger partial charge in [-0.05, 0) is 48.2 Å². The third-order valence-electron chi connectivity index (χ3n) is 6.85. The van der Waals surface area contributed by atoms with E-state index in [-0.39, 0.29) is 41.4 Å². The molecule has 1 aliphatic carbocycles. The van der Waals surface area contributed by atoms with Gasteiger partial charge in [0.15, 0.2) is 0 Å². The Bertz CT molecular complexity index is 1190. The predicted octanol–water partition coefficient (Wildman–Crippen LogP) is 6.76. The van der Waals surface area contributed by atoms with Crippen molar-refractivity contribution in [3.05, 3.63) is 105 Å². The van der Waals surface area contributed by atoms with Gasteiger partial charge in [0.2, 0.25) is 11.8 Å². The molecule has 3 aromatic rings. The van der Waals surface area contributed by atoms with Crippen molar-refractivity contribution in [1.82, 2.24) is 10.2 Å². The van der Waals surface area contributed by atoms with E-state index >= 15 is 0 Å². The minimum atomic E-state index is -0.790. The van der Waals surface area contributed by atoms with Gasteiger partial charge in [-0.15, -0.1) is 0 Å². The number of nitrogens with one attached hydrogen (secondary N) is 1. The Labute approximate surface area is 227 Å². The van der Waals surface area contributed by atoms with E-state index in [2.05, 4.69) is 5.32 Å². The van der Waals surface area contributed by atoms with Crippen LogP contribution in [0.1, 0.15) is 48.8 Å². The first-order valence-corrected chi connectivity index (χ1v) is 13.5. The molecular formula is C30H31Cl2FN2O2. The highest BCUT2D eigenvalue weighted by Crippen LogP contribution is 2.24. The van der Waals surface area contributed by atoms with Crippen LogP contribution >= 0.6 is 23.2 Å². The van der Waals surface area contributed by atoms with Crippen LogP contribution in [0.25, 0.3) is 0 Å². The van der Waals surface area contributed by atoms with Crippen LogP contribution in [0, 0.1) is 5.82 Å². The summed E-state index contributed by atoms with van der Waals surface area (Å²) in [7, 11) is 0. The van der Waals surface area contributed by atoms with E-state index in [9.17, 15) is 14.0 Å². The number of halogens is 3. The molecule has 3 aromatic carbocycles. The summed E-state index contributed by atoms with van der Waals surface area (Å²) < 4.78 is 14.6. The molecular weight excluding hydrogens is 510 g/mol. The van der Waals surface area contributed by atoms with Gasteiger partial charge in [-0.2, -0.15) is 0 Å². The number of carbonyl (C=O) groups excluding carboxylic acids is 2. The van der Waals surface area contributed by atoms with Crippen LogP contribution in [-0.2, 0) is 29.0 Å². The van der Waals surface area contributed by atoms with Gasteiger partial charge >= 0.3 is 0 Å². The number of nitrogens with zero attached hydrogens (tertiary/aromatic N) is 1. The van der Waals surface area contributed by atoms with Crippen LogP contribution in [0.3, 0.4) is 0 Å². The Hall–Kier alpha value is -2.89. The Morgan fingerprint density at radius 1 is 0.919 bits per heavy atom. The van der Waals surface area contributed by atoms with Crippen LogP contribution in [0.5, 0.6) is 0 Å². The third-order valence-corrected chi connectivity index (χ3v) is 7.44. The molecule has 1 saturated carbocycles. The highest BCUT2D eigenvalue weighted by molar-refractivity contribution is 6.31. The molecule has 2 amide bonds. The number of benzene rings is 3. The monoisotopic (exact) mass is 540 g/mol. The van der Waals surface area contributed by atoms with Gasteiger partial charge < -0.3 is 10.2 Å². The maximum atomic E-state index is 14.6. The molecule has 0 unspecified atom stereocenters. The standard InChI is InChI=1S/C30H31Cl2FN2O2/c31-23-12-7-11-22(17-23)20-35(29(36)19-25-26(32)15-8-16-27(25)33)28(18-21-9-3-1-4-10-21)30(37)34-24-13-5-2-6-14-24/h1,3-4,7-12,15-17,24,28H,2,5-6,13-14,18-20H2,(H,34,37)/t28-/m0/s1. The van der Waals surface area contributed by atoms with Gasteiger partial charge in [-0.3, -0.25) is 9.59 Å². The normalized spacial score (nSPS) is 14.7. The van der Waals surface area contributed by atoms with E-state index in [0.29, 0.717) is 11.4 Å². The summed E-state index contributed by atoms with van der Waals surface area (Å²) in [5.74, 6) is -1.13. The average molecular weight is 541 g/mol. The third kappa shape index (κ3) is 7.56. The quantitative estimate of drug-likeness (QED) is 0.325. The van der Waals surface area contributed by atoms with E-state index in [0.717, 1.165) is 36.8 Å².